The van der Waals surface area contributed by atoms with Crippen molar-refractivity contribution in [3.63, 3.8) is 0 Å². The molecule has 4 rings (SSSR count). The van der Waals surface area contributed by atoms with Crippen LogP contribution in [0.1, 0.15) is 42.6 Å². The second-order valence-electron chi connectivity index (χ2n) is 7.32. The van der Waals surface area contributed by atoms with Gasteiger partial charge in [-0.1, -0.05) is 26.0 Å². The number of allylic oxidation sites excluding steroid dienone is 1. The molecule has 142 valence electrons. The molecular formula is C20H25N5O2. The Balaban J connectivity index is 1.50. The minimum Gasteiger partial charge on any atom is -0.368 e. The van der Waals surface area contributed by atoms with Crippen molar-refractivity contribution in [2.45, 2.75) is 32.8 Å². The molecule has 0 aliphatic carbocycles. The van der Waals surface area contributed by atoms with Gasteiger partial charge in [0.15, 0.2) is 0 Å². The standard InChI is InChI=1S/C20H25N5O2/c1-13(2)15-4-6-16(7-5-15)19(26)24-8-9-27-18(11-24)17-10-14(3)23-20-21-12-22-25(17)20/h4-7,10,13,18,22H,8-9,11-12H2,1-3H3. The second kappa shape index (κ2) is 7.25. The molecule has 0 spiro atoms. The molecule has 1 saturated heterocycles. The molecule has 3 aliphatic heterocycles. The monoisotopic (exact) mass is 367 g/mol. The molecule has 3 heterocycles. The average Bonchev–Trinajstić information content (AvgIpc) is 3.15. The Labute approximate surface area is 159 Å². The van der Waals surface area contributed by atoms with E-state index in [4.69, 9.17) is 4.74 Å². The quantitative estimate of drug-likeness (QED) is 0.889. The van der Waals surface area contributed by atoms with Crippen molar-refractivity contribution in [2.75, 3.05) is 26.4 Å². The van der Waals surface area contributed by atoms with Crippen molar-refractivity contribution in [2.24, 2.45) is 9.98 Å². The molecule has 1 fully saturated rings. The number of nitrogens with one attached hydrogen (secondary N) is 1. The number of amides is 1. The Morgan fingerprint density at radius 3 is 2.81 bits per heavy atom. The first kappa shape index (κ1) is 17.9. The van der Waals surface area contributed by atoms with Crippen LogP contribution in [-0.4, -0.2) is 60.0 Å². The van der Waals surface area contributed by atoms with E-state index in [9.17, 15) is 4.79 Å². The minimum atomic E-state index is -0.209. The number of rotatable bonds is 3. The minimum absolute atomic E-state index is 0.0451. The van der Waals surface area contributed by atoms with Gasteiger partial charge in [0.05, 0.1) is 18.8 Å². The number of hydrazine groups is 1. The number of benzene rings is 1. The predicted octanol–water partition coefficient (Wildman–Crippen LogP) is 2.14. The van der Waals surface area contributed by atoms with Crippen molar-refractivity contribution in [3.8, 4) is 0 Å². The van der Waals surface area contributed by atoms with Gasteiger partial charge < -0.3 is 9.64 Å². The Bertz CT molecular complexity index is 825. The van der Waals surface area contributed by atoms with Crippen molar-refractivity contribution in [1.82, 2.24) is 15.3 Å². The molecule has 0 radical (unpaired) electrons. The van der Waals surface area contributed by atoms with Crippen molar-refractivity contribution in [1.29, 1.82) is 0 Å². The van der Waals surface area contributed by atoms with Crippen LogP contribution in [0, 0.1) is 0 Å². The molecule has 7 nitrogen and oxygen atoms in total. The lowest BCUT2D eigenvalue weighted by atomic mass is 10.0. The summed E-state index contributed by atoms with van der Waals surface area (Å²) in [5.74, 6) is 1.15. The van der Waals surface area contributed by atoms with Gasteiger partial charge in [-0.3, -0.25) is 4.79 Å². The fraction of sp³-hybridized carbons (Fsp3) is 0.450. The molecule has 0 bridgehead atoms. The Kier molecular flexibility index (Phi) is 4.80. The van der Waals surface area contributed by atoms with Crippen LogP contribution in [-0.2, 0) is 4.74 Å². The van der Waals surface area contributed by atoms with Gasteiger partial charge in [-0.2, -0.15) is 0 Å². The Hall–Kier alpha value is -2.51. The first-order valence-electron chi connectivity index (χ1n) is 9.39. The van der Waals surface area contributed by atoms with Gasteiger partial charge in [0.2, 0.25) is 5.96 Å². The number of aliphatic imine (C=N–C) groups is 2. The summed E-state index contributed by atoms with van der Waals surface area (Å²) in [7, 11) is 0. The summed E-state index contributed by atoms with van der Waals surface area (Å²) in [6.45, 7) is 8.36. The SMILES string of the molecule is CC1=NC2=NCNN2C(C2CN(C(=O)c3ccc(C(C)C)cc3)CCO2)=C1. The molecule has 1 aromatic rings. The summed E-state index contributed by atoms with van der Waals surface area (Å²) in [6.07, 6.45) is 1.78. The Morgan fingerprint density at radius 1 is 1.30 bits per heavy atom. The molecule has 1 amide bonds. The number of hydrogen-bond donors (Lipinski definition) is 1. The van der Waals surface area contributed by atoms with Crippen LogP contribution in [0.5, 0.6) is 0 Å². The zero-order valence-electron chi connectivity index (χ0n) is 16.0. The highest BCUT2D eigenvalue weighted by atomic mass is 16.5. The van der Waals surface area contributed by atoms with Crippen LogP contribution in [0.4, 0.5) is 0 Å². The van der Waals surface area contributed by atoms with Crippen molar-refractivity contribution >= 4 is 17.6 Å². The number of guanidine groups is 1. The maximum Gasteiger partial charge on any atom is 0.254 e. The molecule has 1 N–H and O–H groups in total. The van der Waals surface area contributed by atoms with E-state index in [2.05, 4.69) is 29.3 Å². The smallest absolute Gasteiger partial charge is 0.254 e. The lowest BCUT2D eigenvalue weighted by Crippen LogP contribution is -2.51. The lowest BCUT2D eigenvalue weighted by molar-refractivity contribution is -0.0138. The molecule has 1 atom stereocenters. The maximum atomic E-state index is 13.0. The first-order chi connectivity index (χ1) is 13.0. The third-order valence-corrected chi connectivity index (χ3v) is 5.05. The average molecular weight is 367 g/mol. The summed E-state index contributed by atoms with van der Waals surface area (Å²) < 4.78 is 5.99. The van der Waals surface area contributed by atoms with Crippen LogP contribution < -0.4 is 5.43 Å². The summed E-state index contributed by atoms with van der Waals surface area (Å²) >= 11 is 0. The van der Waals surface area contributed by atoms with Gasteiger partial charge in [-0.25, -0.2) is 20.4 Å². The fourth-order valence-corrected chi connectivity index (χ4v) is 3.52. The molecule has 7 heteroatoms. The molecule has 3 aliphatic rings. The molecular weight excluding hydrogens is 342 g/mol. The van der Waals surface area contributed by atoms with Crippen LogP contribution in [0.2, 0.25) is 0 Å². The zero-order valence-corrected chi connectivity index (χ0v) is 16.0. The van der Waals surface area contributed by atoms with Crippen LogP contribution in [0.25, 0.3) is 0 Å². The van der Waals surface area contributed by atoms with Crippen LogP contribution in [0.15, 0.2) is 46.0 Å². The number of fused-ring (bicyclic) bond motifs is 1. The highest BCUT2D eigenvalue weighted by molar-refractivity contribution is 6.05. The molecule has 1 aromatic carbocycles. The topological polar surface area (TPSA) is 69.5 Å². The normalized spacial score (nSPS) is 22.4. The van der Waals surface area contributed by atoms with Gasteiger partial charge in [-0.15, -0.1) is 0 Å². The fourth-order valence-electron chi connectivity index (χ4n) is 3.52. The lowest BCUT2D eigenvalue weighted by Gasteiger charge is -2.37. The highest BCUT2D eigenvalue weighted by Gasteiger charge is 2.34. The van der Waals surface area contributed by atoms with E-state index in [1.165, 1.54) is 5.56 Å². The van der Waals surface area contributed by atoms with Crippen LogP contribution in [0.3, 0.4) is 0 Å². The van der Waals surface area contributed by atoms with E-state index in [1.807, 2.05) is 47.2 Å². The Morgan fingerprint density at radius 2 is 2.07 bits per heavy atom. The number of nitrogens with zero attached hydrogens (tertiary/aromatic N) is 4. The number of hydrogen-bond acceptors (Lipinski definition) is 6. The van der Waals surface area contributed by atoms with Crippen molar-refractivity contribution in [3.05, 3.63) is 47.2 Å². The first-order valence-corrected chi connectivity index (χ1v) is 9.39. The highest BCUT2D eigenvalue weighted by Crippen LogP contribution is 2.23. The van der Waals surface area contributed by atoms with Gasteiger partial charge in [0, 0.05) is 17.8 Å². The van der Waals surface area contributed by atoms with E-state index < -0.39 is 0 Å². The molecule has 1 unspecified atom stereocenters. The second-order valence-corrected chi connectivity index (χ2v) is 7.32. The third kappa shape index (κ3) is 3.52. The van der Waals surface area contributed by atoms with Crippen LogP contribution >= 0.6 is 0 Å². The number of morpholine rings is 1. The molecule has 0 aromatic heterocycles. The zero-order chi connectivity index (χ0) is 19.0. The van der Waals surface area contributed by atoms with E-state index in [1.54, 1.807) is 0 Å². The van der Waals surface area contributed by atoms with Gasteiger partial charge >= 0.3 is 0 Å². The van der Waals surface area contributed by atoms with Gasteiger partial charge in [-0.05, 0) is 36.6 Å². The largest absolute Gasteiger partial charge is 0.368 e. The van der Waals surface area contributed by atoms with Gasteiger partial charge in [0.25, 0.3) is 5.91 Å². The summed E-state index contributed by atoms with van der Waals surface area (Å²) in [5.41, 5.74) is 6.99. The van der Waals surface area contributed by atoms with E-state index in [-0.39, 0.29) is 12.0 Å². The van der Waals surface area contributed by atoms with E-state index in [0.717, 1.165) is 17.0 Å². The summed E-state index contributed by atoms with van der Waals surface area (Å²) in [6, 6.07) is 7.92. The van der Waals surface area contributed by atoms with Gasteiger partial charge in [0.1, 0.15) is 12.8 Å². The van der Waals surface area contributed by atoms with Crippen molar-refractivity contribution < 1.29 is 9.53 Å². The summed E-state index contributed by atoms with van der Waals surface area (Å²) in [5, 5.41) is 1.86. The predicted molar refractivity (Wildman–Crippen MR) is 105 cm³/mol. The van der Waals surface area contributed by atoms with E-state index >= 15 is 0 Å². The number of ether oxygens (including phenoxy) is 1. The summed E-state index contributed by atoms with van der Waals surface area (Å²) in [4.78, 5) is 23.6. The van der Waals surface area contributed by atoms with E-state index in [0.29, 0.717) is 38.2 Å². The third-order valence-electron chi connectivity index (χ3n) is 5.05. The number of carbonyl (C=O) groups is 1. The molecule has 0 saturated carbocycles. The maximum absolute atomic E-state index is 13.0. The number of carbonyl (C=O) groups excluding carboxylic acids is 1. The molecule has 27 heavy (non-hydrogen) atoms.